The molecule has 0 spiro atoms. The normalized spacial score (nSPS) is 19.3. The maximum absolute atomic E-state index is 10.7. The highest BCUT2D eigenvalue weighted by Gasteiger charge is 2.28. The summed E-state index contributed by atoms with van der Waals surface area (Å²) in [6.45, 7) is 3.10. The van der Waals surface area contributed by atoms with Crippen LogP contribution in [0.3, 0.4) is 0 Å². The van der Waals surface area contributed by atoms with Crippen molar-refractivity contribution in [2.75, 3.05) is 19.6 Å². The molecule has 0 bridgehead atoms. The summed E-state index contributed by atoms with van der Waals surface area (Å²) in [5.41, 5.74) is 2.74. The quantitative estimate of drug-likeness (QED) is 0.914. The van der Waals surface area contributed by atoms with Crippen molar-refractivity contribution in [3.8, 4) is 0 Å². The lowest BCUT2D eigenvalue weighted by Gasteiger charge is -2.30. The van der Waals surface area contributed by atoms with E-state index in [0.29, 0.717) is 5.92 Å². The number of likely N-dealkylation sites (tertiary alicyclic amines) is 1. The van der Waals surface area contributed by atoms with Crippen LogP contribution in [0.2, 0.25) is 0 Å². The van der Waals surface area contributed by atoms with Gasteiger partial charge in [0.1, 0.15) is 0 Å². The van der Waals surface area contributed by atoms with Gasteiger partial charge in [-0.05, 0) is 55.6 Å². The second-order valence-electron chi connectivity index (χ2n) is 6.63. The Morgan fingerprint density at radius 3 is 2.13 bits per heavy atom. The van der Waals surface area contributed by atoms with Gasteiger partial charge >= 0.3 is 0 Å². The number of nitrogens with zero attached hydrogens (tertiary/aromatic N) is 1. The number of β-amino-alcohol motifs (C(OH)–C–C–N with tert-alkyl or cyclic N) is 1. The Balaban J connectivity index is 1.59. The van der Waals surface area contributed by atoms with Crippen LogP contribution >= 0.6 is 11.8 Å². The van der Waals surface area contributed by atoms with Crippen molar-refractivity contribution in [3.05, 3.63) is 59.7 Å². The lowest BCUT2D eigenvalue weighted by molar-refractivity contribution is 0.113. The van der Waals surface area contributed by atoms with Gasteiger partial charge in [-0.1, -0.05) is 48.2 Å². The molecule has 2 nitrogen and oxygen atoms in total. The molecule has 120 valence electrons. The van der Waals surface area contributed by atoms with Crippen molar-refractivity contribution >= 4 is 11.8 Å². The van der Waals surface area contributed by atoms with Gasteiger partial charge in [-0.3, -0.25) is 0 Å². The summed E-state index contributed by atoms with van der Waals surface area (Å²) in [6, 6.07) is 17.3. The van der Waals surface area contributed by atoms with Crippen LogP contribution in [0.5, 0.6) is 0 Å². The van der Waals surface area contributed by atoms with Crippen LogP contribution in [-0.2, 0) is 0 Å². The fraction of sp³-hybridized carbons (Fsp3) is 0.400. The molecule has 0 amide bonds. The maximum atomic E-state index is 10.7. The Kier molecular flexibility index (Phi) is 4.43. The van der Waals surface area contributed by atoms with Gasteiger partial charge in [0.2, 0.25) is 0 Å². The van der Waals surface area contributed by atoms with Gasteiger partial charge in [-0.15, -0.1) is 0 Å². The van der Waals surface area contributed by atoms with Crippen LogP contribution in [0.1, 0.15) is 36.3 Å². The summed E-state index contributed by atoms with van der Waals surface area (Å²) in [4.78, 5) is 5.08. The molecule has 0 aliphatic carbocycles. The van der Waals surface area contributed by atoms with Gasteiger partial charge in [0.05, 0.1) is 6.10 Å². The predicted molar refractivity (Wildman–Crippen MR) is 95.1 cm³/mol. The molecule has 2 aromatic carbocycles. The van der Waals surface area contributed by atoms with E-state index in [0.717, 1.165) is 26.1 Å². The molecular formula is C20H23NOS. The largest absolute Gasteiger partial charge is 0.392 e. The van der Waals surface area contributed by atoms with Crippen LogP contribution in [0.15, 0.2) is 58.3 Å². The fourth-order valence-corrected chi connectivity index (χ4v) is 5.06. The molecular weight excluding hydrogens is 302 g/mol. The van der Waals surface area contributed by atoms with E-state index in [2.05, 4.69) is 53.4 Å². The molecule has 0 aromatic heterocycles. The van der Waals surface area contributed by atoms with Gasteiger partial charge in [0.25, 0.3) is 0 Å². The standard InChI is InChI=1S/C20H23NOS/c22-15(14-21-11-5-6-12-21)13-18-16-7-1-3-9-19(16)23-20-10-4-2-8-17(18)20/h1-4,7-10,15,18,22H,5-6,11-14H2/t15-/m1/s1. The minimum Gasteiger partial charge on any atom is -0.392 e. The van der Waals surface area contributed by atoms with Gasteiger partial charge < -0.3 is 10.0 Å². The molecule has 23 heavy (non-hydrogen) atoms. The zero-order valence-corrected chi connectivity index (χ0v) is 14.1. The average Bonchev–Trinajstić information content (AvgIpc) is 3.07. The molecule has 3 heteroatoms. The lowest BCUT2D eigenvalue weighted by atomic mass is 9.86. The highest BCUT2D eigenvalue weighted by atomic mass is 32.2. The Labute approximate surface area is 142 Å². The summed E-state index contributed by atoms with van der Waals surface area (Å²) in [6.07, 6.45) is 3.10. The second-order valence-corrected chi connectivity index (χ2v) is 7.71. The third-order valence-corrected chi connectivity index (χ3v) is 6.17. The van der Waals surface area contributed by atoms with Gasteiger partial charge in [0.15, 0.2) is 0 Å². The molecule has 1 atom stereocenters. The lowest BCUT2D eigenvalue weighted by Crippen LogP contribution is -2.31. The zero-order valence-electron chi connectivity index (χ0n) is 13.3. The first-order valence-electron chi connectivity index (χ1n) is 8.57. The van der Waals surface area contributed by atoms with E-state index in [1.165, 1.54) is 33.8 Å². The smallest absolute Gasteiger partial charge is 0.0676 e. The highest BCUT2D eigenvalue weighted by Crippen LogP contribution is 2.47. The van der Waals surface area contributed by atoms with E-state index in [4.69, 9.17) is 0 Å². The Hall–Kier alpha value is -1.29. The van der Waals surface area contributed by atoms with Crippen molar-refractivity contribution in [1.82, 2.24) is 4.90 Å². The van der Waals surface area contributed by atoms with E-state index in [-0.39, 0.29) is 6.10 Å². The maximum Gasteiger partial charge on any atom is 0.0676 e. The van der Waals surface area contributed by atoms with Crippen molar-refractivity contribution in [3.63, 3.8) is 0 Å². The van der Waals surface area contributed by atoms with Gasteiger partial charge in [0, 0.05) is 22.3 Å². The molecule has 1 saturated heterocycles. The summed E-state index contributed by atoms with van der Waals surface area (Å²) in [5.74, 6) is 0.307. The van der Waals surface area contributed by atoms with Crippen LogP contribution in [0.25, 0.3) is 0 Å². The summed E-state index contributed by atoms with van der Waals surface area (Å²) < 4.78 is 0. The number of aliphatic hydroxyl groups is 1. The molecule has 0 saturated carbocycles. The van der Waals surface area contributed by atoms with E-state index in [1.807, 2.05) is 11.8 Å². The van der Waals surface area contributed by atoms with Crippen molar-refractivity contribution in [2.24, 2.45) is 0 Å². The molecule has 1 fully saturated rings. The molecule has 1 N–H and O–H groups in total. The van der Waals surface area contributed by atoms with Crippen LogP contribution in [0, 0.1) is 0 Å². The van der Waals surface area contributed by atoms with Crippen molar-refractivity contribution in [1.29, 1.82) is 0 Å². The van der Waals surface area contributed by atoms with E-state index in [9.17, 15) is 5.11 Å². The number of benzene rings is 2. The van der Waals surface area contributed by atoms with E-state index >= 15 is 0 Å². The Morgan fingerprint density at radius 1 is 0.957 bits per heavy atom. The predicted octanol–water partition coefficient (Wildman–Crippen LogP) is 4.13. The average molecular weight is 325 g/mol. The molecule has 4 rings (SSSR count). The summed E-state index contributed by atoms with van der Waals surface area (Å²) >= 11 is 1.85. The molecule has 0 unspecified atom stereocenters. The SMILES string of the molecule is O[C@H](CC1c2ccccc2Sc2ccccc21)CN1CCCC1. The first kappa shape index (κ1) is 15.3. The molecule has 2 aliphatic rings. The molecule has 2 aliphatic heterocycles. The minimum absolute atomic E-state index is 0.262. The second kappa shape index (κ2) is 6.68. The fourth-order valence-electron chi connectivity index (χ4n) is 3.87. The van der Waals surface area contributed by atoms with E-state index in [1.54, 1.807) is 0 Å². The number of rotatable bonds is 4. The topological polar surface area (TPSA) is 23.5 Å². The van der Waals surface area contributed by atoms with Gasteiger partial charge in [-0.25, -0.2) is 0 Å². The summed E-state index contributed by atoms with van der Waals surface area (Å²) in [7, 11) is 0. The zero-order chi connectivity index (χ0) is 15.6. The van der Waals surface area contributed by atoms with Gasteiger partial charge in [-0.2, -0.15) is 0 Å². The van der Waals surface area contributed by atoms with Crippen molar-refractivity contribution < 1.29 is 5.11 Å². The van der Waals surface area contributed by atoms with Crippen LogP contribution in [0.4, 0.5) is 0 Å². The van der Waals surface area contributed by atoms with E-state index < -0.39 is 0 Å². The third kappa shape index (κ3) is 3.18. The summed E-state index contributed by atoms with van der Waals surface area (Å²) in [5, 5.41) is 10.7. The minimum atomic E-state index is -0.262. The molecule has 0 radical (unpaired) electrons. The number of fused-ring (bicyclic) bond motifs is 2. The first-order valence-corrected chi connectivity index (χ1v) is 9.39. The monoisotopic (exact) mass is 325 g/mol. The molecule has 2 aromatic rings. The van der Waals surface area contributed by atoms with Crippen LogP contribution in [-0.4, -0.2) is 35.7 Å². The number of hydrogen-bond acceptors (Lipinski definition) is 3. The Morgan fingerprint density at radius 2 is 1.52 bits per heavy atom. The van der Waals surface area contributed by atoms with Crippen molar-refractivity contribution in [2.45, 2.75) is 41.1 Å². The van der Waals surface area contributed by atoms with Crippen LogP contribution < -0.4 is 0 Å². The third-order valence-electron chi connectivity index (χ3n) is 4.98. The number of hydrogen-bond donors (Lipinski definition) is 1. The number of aliphatic hydroxyl groups excluding tert-OH is 1. The highest BCUT2D eigenvalue weighted by molar-refractivity contribution is 7.99. The molecule has 2 heterocycles. The Bertz CT molecular complexity index is 635. The first-order chi connectivity index (χ1) is 11.3.